The normalized spacial score (nSPS) is 10.4. The van der Waals surface area contributed by atoms with E-state index < -0.39 is 0 Å². The van der Waals surface area contributed by atoms with E-state index in [0.717, 1.165) is 21.3 Å². The highest BCUT2D eigenvalue weighted by molar-refractivity contribution is 9.10. The molecule has 0 saturated carbocycles. The van der Waals surface area contributed by atoms with E-state index in [4.69, 9.17) is 5.73 Å². The zero-order valence-electron chi connectivity index (χ0n) is 10.2. The summed E-state index contributed by atoms with van der Waals surface area (Å²) in [5, 5.41) is 2.83. The number of halogens is 1. The van der Waals surface area contributed by atoms with Crippen molar-refractivity contribution in [2.75, 3.05) is 11.1 Å². The maximum Gasteiger partial charge on any atom is 0.272 e. The smallest absolute Gasteiger partial charge is 0.272 e. The van der Waals surface area contributed by atoms with E-state index in [2.05, 4.69) is 26.2 Å². The summed E-state index contributed by atoms with van der Waals surface area (Å²) in [7, 11) is 0. The van der Waals surface area contributed by atoms with Crippen LogP contribution < -0.4 is 11.1 Å². The monoisotopic (exact) mass is 307 g/mol. The average molecular weight is 308 g/mol. The molecule has 0 saturated heterocycles. The molecule has 1 aromatic heterocycles. The number of amides is 1. The third-order valence-corrected chi connectivity index (χ3v) is 3.90. The Bertz CT molecular complexity index is 581. The third-order valence-electron chi connectivity index (χ3n) is 2.64. The lowest BCUT2D eigenvalue weighted by Crippen LogP contribution is -2.12. The molecule has 4 nitrogen and oxygen atoms in total. The maximum atomic E-state index is 11.9. The first-order valence-corrected chi connectivity index (χ1v) is 6.28. The minimum atomic E-state index is -0.201. The van der Waals surface area contributed by atoms with Gasteiger partial charge in [0.15, 0.2) is 0 Å². The van der Waals surface area contributed by atoms with Gasteiger partial charge in [0.2, 0.25) is 0 Å². The number of anilines is 2. The van der Waals surface area contributed by atoms with Gasteiger partial charge in [0, 0.05) is 22.0 Å². The highest BCUT2D eigenvalue weighted by Gasteiger charge is 2.09. The van der Waals surface area contributed by atoms with Crippen LogP contribution in [0.1, 0.15) is 21.6 Å². The van der Waals surface area contributed by atoms with Crippen molar-refractivity contribution in [2.45, 2.75) is 13.8 Å². The van der Waals surface area contributed by atoms with E-state index in [0.29, 0.717) is 11.4 Å². The number of aryl methyl sites for hydroxylation is 2. The molecular weight excluding hydrogens is 294 g/mol. The van der Waals surface area contributed by atoms with Crippen molar-refractivity contribution in [3.8, 4) is 0 Å². The van der Waals surface area contributed by atoms with Gasteiger partial charge in [-0.3, -0.25) is 4.79 Å². The summed E-state index contributed by atoms with van der Waals surface area (Å²) in [6, 6.07) is 5.44. The Labute approximate surface area is 114 Å². The second-order valence-electron chi connectivity index (χ2n) is 4.22. The van der Waals surface area contributed by atoms with Crippen LogP contribution in [-0.2, 0) is 0 Å². The Hall–Kier alpha value is -1.75. The van der Waals surface area contributed by atoms with Crippen LogP contribution in [0.2, 0.25) is 0 Å². The fourth-order valence-corrected chi connectivity index (χ4v) is 1.99. The largest absolute Gasteiger partial charge is 0.397 e. The number of nitrogens with one attached hydrogen (secondary N) is 2. The first-order chi connectivity index (χ1) is 8.47. The first kappa shape index (κ1) is 12.7. The van der Waals surface area contributed by atoms with Gasteiger partial charge in [0.25, 0.3) is 5.91 Å². The van der Waals surface area contributed by atoms with Crippen molar-refractivity contribution in [3.05, 3.63) is 45.7 Å². The van der Waals surface area contributed by atoms with Crippen molar-refractivity contribution in [1.29, 1.82) is 0 Å². The summed E-state index contributed by atoms with van der Waals surface area (Å²) >= 11 is 3.49. The number of H-pyrrole nitrogens is 1. The van der Waals surface area contributed by atoms with Gasteiger partial charge in [-0.25, -0.2) is 0 Å². The number of nitrogen functional groups attached to an aromatic ring is 1. The Morgan fingerprint density at radius 1 is 1.28 bits per heavy atom. The van der Waals surface area contributed by atoms with E-state index >= 15 is 0 Å². The first-order valence-electron chi connectivity index (χ1n) is 5.49. The molecule has 5 heteroatoms. The molecule has 18 heavy (non-hydrogen) atoms. The van der Waals surface area contributed by atoms with Gasteiger partial charge in [0.1, 0.15) is 5.69 Å². The fourth-order valence-electron chi connectivity index (χ4n) is 1.76. The number of nitrogens with two attached hydrogens (primary N) is 1. The summed E-state index contributed by atoms with van der Waals surface area (Å²) < 4.78 is 1.06. The maximum absolute atomic E-state index is 11.9. The predicted octanol–water partition coefficient (Wildman–Crippen LogP) is 3.23. The number of aromatic amines is 1. The van der Waals surface area contributed by atoms with Crippen LogP contribution in [0.15, 0.2) is 28.9 Å². The van der Waals surface area contributed by atoms with Gasteiger partial charge in [-0.2, -0.15) is 0 Å². The Balaban J connectivity index is 2.22. The van der Waals surface area contributed by atoms with E-state index in [1.165, 1.54) is 0 Å². The number of hydrogen-bond acceptors (Lipinski definition) is 2. The van der Waals surface area contributed by atoms with E-state index in [-0.39, 0.29) is 5.91 Å². The molecule has 0 spiro atoms. The van der Waals surface area contributed by atoms with Gasteiger partial charge in [-0.1, -0.05) is 15.9 Å². The van der Waals surface area contributed by atoms with Crippen molar-refractivity contribution in [1.82, 2.24) is 4.98 Å². The number of aromatic nitrogens is 1. The number of benzene rings is 1. The van der Waals surface area contributed by atoms with Crippen molar-refractivity contribution in [2.24, 2.45) is 0 Å². The summed E-state index contributed by atoms with van der Waals surface area (Å²) in [6.45, 7) is 3.97. The number of carbonyl (C=O) groups is 1. The molecule has 2 aromatic rings. The summed E-state index contributed by atoms with van der Waals surface area (Å²) in [5.41, 5.74) is 9.48. The average Bonchev–Trinajstić information content (AvgIpc) is 2.72. The molecule has 0 atom stereocenters. The van der Waals surface area contributed by atoms with Gasteiger partial charge in [-0.05, 0) is 43.2 Å². The molecule has 1 aromatic carbocycles. The summed E-state index contributed by atoms with van der Waals surface area (Å²) in [4.78, 5) is 14.7. The van der Waals surface area contributed by atoms with Crippen LogP contribution in [-0.4, -0.2) is 10.9 Å². The van der Waals surface area contributed by atoms with Gasteiger partial charge in [-0.15, -0.1) is 0 Å². The lowest BCUT2D eigenvalue weighted by molar-refractivity contribution is 0.102. The summed E-state index contributed by atoms with van der Waals surface area (Å²) in [5.74, 6) is -0.201. The predicted molar refractivity (Wildman–Crippen MR) is 76.8 cm³/mol. The highest BCUT2D eigenvalue weighted by Crippen LogP contribution is 2.25. The number of rotatable bonds is 2. The molecule has 0 aliphatic carbocycles. The van der Waals surface area contributed by atoms with Crippen LogP contribution in [0.3, 0.4) is 0 Å². The zero-order valence-corrected chi connectivity index (χ0v) is 11.8. The second-order valence-corrected chi connectivity index (χ2v) is 5.02. The van der Waals surface area contributed by atoms with Crippen LogP contribution in [0, 0.1) is 13.8 Å². The van der Waals surface area contributed by atoms with Crippen LogP contribution in [0.5, 0.6) is 0 Å². The molecule has 0 fully saturated rings. The topological polar surface area (TPSA) is 70.9 Å². The van der Waals surface area contributed by atoms with Gasteiger partial charge in [0.05, 0.1) is 0 Å². The van der Waals surface area contributed by atoms with E-state index in [1.807, 2.05) is 26.0 Å². The van der Waals surface area contributed by atoms with Crippen LogP contribution in [0.25, 0.3) is 0 Å². The second kappa shape index (κ2) is 4.86. The lowest BCUT2D eigenvalue weighted by Gasteiger charge is -2.09. The fraction of sp³-hybridized carbons (Fsp3) is 0.154. The molecule has 0 radical (unpaired) electrons. The minimum absolute atomic E-state index is 0.201. The Kier molecular flexibility index (Phi) is 3.43. The third kappa shape index (κ3) is 2.56. The highest BCUT2D eigenvalue weighted by atomic mass is 79.9. The molecular formula is C13H14BrN3O. The Morgan fingerprint density at radius 2 is 1.89 bits per heavy atom. The van der Waals surface area contributed by atoms with Gasteiger partial charge < -0.3 is 16.0 Å². The molecule has 2 rings (SSSR count). The molecule has 1 amide bonds. The van der Waals surface area contributed by atoms with Crippen molar-refractivity contribution < 1.29 is 4.79 Å². The zero-order chi connectivity index (χ0) is 13.3. The van der Waals surface area contributed by atoms with Gasteiger partial charge >= 0.3 is 0 Å². The van der Waals surface area contributed by atoms with E-state index in [9.17, 15) is 4.79 Å². The molecule has 1 heterocycles. The Morgan fingerprint density at radius 3 is 2.39 bits per heavy atom. The molecule has 0 aliphatic heterocycles. The summed E-state index contributed by atoms with van der Waals surface area (Å²) in [6.07, 6.45) is 1.59. The molecule has 0 aliphatic rings. The molecule has 0 unspecified atom stereocenters. The van der Waals surface area contributed by atoms with Crippen LogP contribution in [0.4, 0.5) is 11.4 Å². The number of hydrogen-bond donors (Lipinski definition) is 3. The van der Waals surface area contributed by atoms with Crippen LogP contribution >= 0.6 is 15.9 Å². The van der Waals surface area contributed by atoms with E-state index in [1.54, 1.807) is 12.3 Å². The molecule has 4 N–H and O–H groups in total. The number of carbonyl (C=O) groups excluding carboxylic acids is 1. The van der Waals surface area contributed by atoms with Crippen molar-refractivity contribution >= 4 is 33.2 Å². The minimum Gasteiger partial charge on any atom is -0.397 e. The lowest BCUT2D eigenvalue weighted by atomic mass is 10.1. The molecule has 0 bridgehead atoms. The molecule has 94 valence electrons. The van der Waals surface area contributed by atoms with Crippen molar-refractivity contribution in [3.63, 3.8) is 0 Å². The quantitative estimate of drug-likeness (QED) is 0.797. The standard InChI is InChI=1S/C13H14BrN3O/c1-7-3-10(4-8(2)12(7)14)17-13(18)11-5-9(15)6-16-11/h3-6,16H,15H2,1-2H3,(H,17,18). The SMILES string of the molecule is Cc1cc(NC(=O)c2cc(N)c[nH]2)cc(C)c1Br.